The van der Waals surface area contributed by atoms with Gasteiger partial charge >= 0.3 is 5.97 Å². The Balaban J connectivity index is 1.63. The van der Waals surface area contributed by atoms with E-state index in [1.54, 1.807) is 55.4 Å². The number of nitrogens with zero attached hydrogens (tertiary/aromatic N) is 2. The van der Waals surface area contributed by atoms with Crippen LogP contribution in [-0.2, 0) is 28.7 Å². The molecule has 0 aliphatic carbocycles. The van der Waals surface area contributed by atoms with Crippen LogP contribution in [0.1, 0.15) is 40.0 Å². The first kappa shape index (κ1) is 30.7. The number of esters is 1. The quantitative estimate of drug-likeness (QED) is 0.377. The highest BCUT2D eigenvalue weighted by molar-refractivity contribution is 6.05. The predicted octanol–water partition coefficient (Wildman–Crippen LogP) is 1.98. The zero-order valence-corrected chi connectivity index (χ0v) is 25.1. The molecule has 232 valence electrons. The minimum Gasteiger partial charge on any atom is -0.497 e. The molecule has 1 aromatic rings. The molecule has 8 atom stereocenters. The molecule has 4 aliphatic rings. The van der Waals surface area contributed by atoms with Crippen molar-refractivity contribution in [3.63, 3.8) is 0 Å². The number of aliphatic hydroxyl groups excluding tert-OH is 1. The van der Waals surface area contributed by atoms with E-state index in [0.717, 1.165) is 0 Å². The summed E-state index contributed by atoms with van der Waals surface area (Å²) in [4.78, 5) is 58.3. The van der Waals surface area contributed by atoms with Crippen molar-refractivity contribution in [3.8, 4) is 5.75 Å². The Labute approximate surface area is 251 Å². The number of nitrogens with one attached hydrogen (secondary N) is 1. The molecule has 2 saturated heterocycles. The standard InChI is InChI=1S/C32H41N3O8/c1-5-19(2)23(18-36)35-28-30(39)34(21-10-12-22(41-4)13-11-21)16-8-6-7-9-25(37)33-17-20(3)42-31(40)26-24-14-15-32(28,43-24)27(26)29(35)38/h6,8,10-15,19-20,23-24,26-28,36H,5,7,9,16-18H2,1-4H3,(H,33,37)/b8-6-/t19-,20+,23-,24-,26+,27+,28-,32+/m0/s1. The summed E-state index contributed by atoms with van der Waals surface area (Å²) in [6.07, 6.45) is 7.10. The maximum absolute atomic E-state index is 14.8. The van der Waals surface area contributed by atoms with Crippen molar-refractivity contribution < 1.29 is 38.5 Å². The lowest BCUT2D eigenvalue weighted by molar-refractivity contribution is -0.159. The molecule has 5 rings (SSSR count). The summed E-state index contributed by atoms with van der Waals surface area (Å²) >= 11 is 0. The Morgan fingerprint density at radius 1 is 1.14 bits per heavy atom. The number of methoxy groups -OCH3 is 1. The summed E-state index contributed by atoms with van der Waals surface area (Å²) in [6, 6.07) is 5.21. The number of fused-ring (bicyclic) bond motifs is 2. The van der Waals surface area contributed by atoms with Crippen LogP contribution in [0.4, 0.5) is 5.69 Å². The molecule has 43 heavy (non-hydrogen) atoms. The molecule has 0 aromatic heterocycles. The number of anilines is 1. The summed E-state index contributed by atoms with van der Waals surface area (Å²) in [5, 5.41) is 13.4. The second-order valence-electron chi connectivity index (χ2n) is 11.8. The Morgan fingerprint density at radius 2 is 1.88 bits per heavy atom. The number of allylic oxidation sites excluding steroid dienone is 1. The van der Waals surface area contributed by atoms with Crippen LogP contribution in [0.15, 0.2) is 48.6 Å². The van der Waals surface area contributed by atoms with Crippen LogP contribution in [0.5, 0.6) is 5.75 Å². The van der Waals surface area contributed by atoms with Crippen LogP contribution in [0.3, 0.4) is 0 Å². The molecule has 11 nitrogen and oxygen atoms in total. The monoisotopic (exact) mass is 595 g/mol. The predicted molar refractivity (Wildman–Crippen MR) is 157 cm³/mol. The summed E-state index contributed by atoms with van der Waals surface area (Å²) in [5.74, 6) is -3.12. The highest BCUT2D eigenvalue weighted by atomic mass is 16.6. The first-order chi connectivity index (χ1) is 20.7. The topological polar surface area (TPSA) is 135 Å². The van der Waals surface area contributed by atoms with Gasteiger partial charge in [0.05, 0.1) is 38.3 Å². The number of cyclic esters (lactones) is 1. The number of hydrogen-bond acceptors (Lipinski definition) is 8. The van der Waals surface area contributed by atoms with Crippen LogP contribution >= 0.6 is 0 Å². The summed E-state index contributed by atoms with van der Waals surface area (Å²) in [5.41, 5.74) is -0.841. The second kappa shape index (κ2) is 12.5. The van der Waals surface area contributed by atoms with Crippen LogP contribution in [0.25, 0.3) is 0 Å². The van der Waals surface area contributed by atoms with Crippen molar-refractivity contribution in [1.29, 1.82) is 0 Å². The maximum atomic E-state index is 14.8. The molecule has 0 radical (unpaired) electrons. The van der Waals surface area contributed by atoms with Gasteiger partial charge in [-0.25, -0.2) is 0 Å². The number of carbonyl (C=O) groups is 4. The van der Waals surface area contributed by atoms with Crippen LogP contribution in [0.2, 0.25) is 0 Å². The minimum absolute atomic E-state index is 0.130. The van der Waals surface area contributed by atoms with E-state index in [-0.39, 0.29) is 37.9 Å². The zero-order chi connectivity index (χ0) is 30.9. The summed E-state index contributed by atoms with van der Waals surface area (Å²) in [6.45, 7) is 5.51. The smallest absolute Gasteiger partial charge is 0.313 e. The number of aliphatic hydroxyl groups is 1. The Kier molecular flexibility index (Phi) is 8.94. The number of carbonyl (C=O) groups excluding carboxylic acids is 4. The normalized spacial score (nSPS) is 33.2. The molecule has 0 unspecified atom stereocenters. The van der Waals surface area contributed by atoms with E-state index < -0.39 is 59.5 Å². The number of rotatable bonds is 6. The van der Waals surface area contributed by atoms with Crippen molar-refractivity contribution in [2.75, 3.05) is 31.7 Å². The molecule has 1 aromatic carbocycles. The zero-order valence-electron chi connectivity index (χ0n) is 25.1. The first-order valence-electron chi connectivity index (χ1n) is 15.0. The van der Waals surface area contributed by atoms with Gasteiger partial charge in [0, 0.05) is 18.7 Å². The van der Waals surface area contributed by atoms with Crippen LogP contribution in [0, 0.1) is 17.8 Å². The molecule has 4 aliphatic heterocycles. The third-order valence-corrected chi connectivity index (χ3v) is 9.21. The van der Waals surface area contributed by atoms with Crippen molar-refractivity contribution in [2.45, 2.75) is 69.9 Å². The fraction of sp³-hybridized carbons (Fsp3) is 0.562. The maximum Gasteiger partial charge on any atom is 0.313 e. The Hall–Kier alpha value is -3.70. The van der Waals surface area contributed by atoms with Crippen molar-refractivity contribution in [3.05, 3.63) is 48.6 Å². The van der Waals surface area contributed by atoms with Crippen molar-refractivity contribution in [1.82, 2.24) is 10.2 Å². The van der Waals surface area contributed by atoms with Gasteiger partial charge in [-0.3, -0.25) is 19.2 Å². The van der Waals surface area contributed by atoms with Gasteiger partial charge in [0.25, 0.3) is 5.91 Å². The van der Waals surface area contributed by atoms with E-state index in [4.69, 9.17) is 14.2 Å². The molecule has 2 fully saturated rings. The van der Waals surface area contributed by atoms with Crippen LogP contribution < -0.4 is 15.0 Å². The molecule has 4 heterocycles. The van der Waals surface area contributed by atoms with Gasteiger partial charge in [-0.05, 0) is 43.5 Å². The fourth-order valence-corrected chi connectivity index (χ4v) is 6.74. The number of amides is 3. The van der Waals surface area contributed by atoms with Gasteiger partial charge in [0.15, 0.2) is 0 Å². The lowest BCUT2D eigenvalue weighted by Gasteiger charge is -2.40. The minimum atomic E-state index is -1.41. The molecule has 11 heteroatoms. The largest absolute Gasteiger partial charge is 0.497 e. The fourth-order valence-electron chi connectivity index (χ4n) is 6.74. The van der Waals surface area contributed by atoms with E-state index in [0.29, 0.717) is 24.3 Å². The van der Waals surface area contributed by atoms with Crippen molar-refractivity contribution >= 4 is 29.4 Å². The second-order valence-corrected chi connectivity index (χ2v) is 11.8. The van der Waals surface area contributed by atoms with E-state index in [1.165, 1.54) is 4.90 Å². The molecule has 3 amide bonds. The molecule has 2 N–H and O–H groups in total. The third kappa shape index (κ3) is 5.44. The molecular weight excluding hydrogens is 554 g/mol. The van der Waals surface area contributed by atoms with Gasteiger partial charge in [-0.1, -0.05) is 44.6 Å². The van der Waals surface area contributed by atoms with Gasteiger partial charge in [-0.2, -0.15) is 0 Å². The Bertz CT molecular complexity index is 1300. The van der Waals surface area contributed by atoms with E-state index >= 15 is 0 Å². The average molecular weight is 596 g/mol. The molecule has 5 bridgehead atoms. The number of benzene rings is 1. The Morgan fingerprint density at radius 3 is 2.56 bits per heavy atom. The van der Waals surface area contributed by atoms with Gasteiger partial charge < -0.3 is 34.4 Å². The molecular formula is C32H41N3O8. The SMILES string of the molecule is CC[C@H](C)[C@H](CO)N1C(=O)[C@H]2[C@@H]3C(=O)O[C@H](C)CNC(=O)CC/C=C\CN(c4ccc(OC)cc4)C(=O)[C@H]1[C@@]21C=C[C@@H]3O1. The summed E-state index contributed by atoms with van der Waals surface area (Å²) in [7, 11) is 1.56. The summed E-state index contributed by atoms with van der Waals surface area (Å²) < 4.78 is 17.5. The average Bonchev–Trinajstić information content (AvgIpc) is 3.65. The van der Waals surface area contributed by atoms with Gasteiger partial charge in [0.2, 0.25) is 11.8 Å². The first-order valence-corrected chi connectivity index (χ1v) is 15.0. The highest BCUT2D eigenvalue weighted by Crippen LogP contribution is 2.56. The van der Waals surface area contributed by atoms with Crippen LogP contribution in [-0.4, -0.2) is 90.4 Å². The molecule has 1 spiro atoms. The number of hydrogen-bond donors (Lipinski definition) is 2. The van der Waals surface area contributed by atoms with E-state index in [9.17, 15) is 24.3 Å². The van der Waals surface area contributed by atoms with Gasteiger partial charge in [0.1, 0.15) is 29.4 Å². The number of likely N-dealkylation sites (tertiary alicyclic amines) is 1. The molecule has 0 saturated carbocycles. The lowest BCUT2D eigenvalue weighted by atomic mass is 9.74. The third-order valence-electron chi connectivity index (χ3n) is 9.21. The number of ether oxygens (including phenoxy) is 3. The van der Waals surface area contributed by atoms with E-state index in [1.807, 2.05) is 26.0 Å². The highest BCUT2D eigenvalue weighted by Gasteiger charge is 2.74. The van der Waals surface area contributed by atoms with Crippen molar-refractivity contribution in [2.24, 2.45) is 17.8 Å². The van der Waals surface area contributed by atoms with Gasteiger partial charge in [-0.15, -0.1) is 0 Å². The lowest BCUT2D eigenvalue weighted by Crippen LogP contribution is -2.59. The van der Waals surface area contributed by atoms with E-state index in [2.05, 4.69) is 5.32 Å².